The van der Waals surface area contributed by atoms with Crippen molar-refractivity contribution in [3.8, 4) is 0 Å². The standard InChI is InChI=1S/C12H10BrN3O3/c13-9-5-7(11(14)16-18)1-2-10(9)15-12(17)8-3-4-19-6-8/h1-6,18H,(H2,14,16)(H,15,17). The molecule has 0 unspecified atom stereocenters. The molecule has 2 aromatic rings. The minimum absolute atomic E-state index is 0.00610. The summed E-state index contributed by atoms with van der Waals surface area (Å²) in [6, 6.07) is 6.48. The molecule has 0 saturated heterocycles. The van der Waals surface area contributed by atoms with Crippen LogP contribution in [0, 0.1) is 0 Å². The fraction of sp³-hybridized carbons (Fsp3) is 0. The molecule has 1 aromatic carbocycles. The van der Waals surface area contributed by atoms with Crippen molar-refractivity contribution in [2.24, 2.45) is 10.9 Å². The van der Waals surface area contributed by atoms with E-state index in [0.29, 0.717) is 21.3 Å². The molecule has 0 aliphatic carbocycles. The monoisotopic (exact) mass is 323 g/mol. The van der Waals surface area contributed by atoms with Gasteiger partial charge in [0.1, 0.15) is 6.26 Å². The molecule has 2 rings (SSSR count). The highest BCUT2D eigenvalue weighted by molar-refractivity contribution is 9.10. The number of anilines is 1. The molecule has 0 aliphatic rings. The highest BCUT2D eigenvalue weighted by Crippen LogP contribution is 2.24. The number of nitrogens with two attached hydrogens (primary N) is 1. The number of halogens is 1. The molecule has 0 spiro atoms. The van der Waals surface area contributed by atoms with Crippen molar-refractivity contribution in [1.82, 2.24) is 0 Å². The van der Waals surface area contributed by atoms with E-state index >= 15 is 0 Å². The number of amides is 1. The third kappa shape index (κ3) is 2.94. The molecule has 1 aromatic heterocycles. The lowest BCUT2D eigenvalue weighted by Crippen LogP contribution is -2.14. The number of hydrogen-bond donors (Lipinski definition) is 3. The fourth-order valence-electron chi connectivity index (χ4n) is 1.42. The van der Waals surface area contributed by atoms with Gasteiger partial charge >= 0.3 is 0 Å². The maximum atomic E-state index is 11.8. The zero-order chi connectivity index (χ0) is 13.8. The molecule has 0 aliphatic heterocycles. The Labute approximate surface area is 117 Å². The van der Waals surface area contributed by atoms with Crippen LogP contribution in [0.25, 0.3) is 0 Å². The van der Waals surface area contributed by atoms with E-state index in [9.17, 15) is 4.79 Å². The minimum Gasteiger partial charge on any atom is -0.472 e. The number of benzene rings is 1. The summed E-state index contributed by atoms with van der Waals surface area (Å²) in [5.41, 5.74) is 7.00. The van der Waals surface area contributed by atoms with E-state index in [0.717, 1.165) is 0 Å². The number of carbonyl (C=O) groups is 1. The summed E-state index contributed by atoms with van der Waals surface area (Å²) in [4.78, 5) is 11.8. The SMILES string of the molecule is N/C(=N/O)c1ccc(NC(=O)c2ccoc2)c(Br)c1. The molecule has 0 saturated carbocycles. The summed E-state index contributed by atoms with van der Waals surface area (Å²) < 4.78 is 5.46. The number of rotatable bonds is 3. The number of amidine groups is 1. The van der Waals surface area contributed by atoms with Gasteiger partial charge in [0.2, 0.25) is 0 Å². The second kappa shape index (κ2) is 5.57. The molecular weight excluding hydrogens is 314 g/mol. The van der Waals surface area contributed by atoms with Gasteiger partial charge in [-0.15, -0.1) is 0 Å². The zero-order valence-electron chi connectivity index (χ0n) is 9.63. The average molecular weight is 324 g/mol. The topological polar surface area (TPSA) is 101 Å². The first-order chi connectivity index (χ1) is 9.11. The predicted octanol–water partition coefficient (Wildman–Crippen LogP) is 2.39. The number of furan rings is 1. The van der Waals surface area contributed by atoms with E-state index in [1.807, 2.05) is 0 Å². The Bertz CT molecular complexity index is 623. The maximum absolute atomic E-state index is 11.8. The molecule has 98 valence electrons. The van der Waals surface area contributed by atoms with Crippen molar-refractivity contribution in [1.29, 1.82) is 0 Å². The van der Waals surface area contributed by atoms with Gasteiger partial charge in [-0.2, -0.15) is 0 Å². The first-order valence-corrected chi connectivity index (χ1v) is 6.02. The molecule has 19 heavy (non-hydrogen) atoms. The smallest absolute Gasteiger partial charge is 0.258 e. The summed E-state index contributed by atoms with van der Waals surface area (Å²) in [5.74, 6) is -0.292. The van der Waals surface area contributed by atoms with Gasteiger partial charge in [0, 0.05) is 10.0 Å². The molecule has 6 nitrogen and oxygen atoms in total. The van der Waals surface area contributed by atoms with E-state index in [2.05, 4.69) is 26.4 Å². The summed E-state index contributed by atoms with van der Waals surface area (Å²) >= 11 is 3.31. The maximum Gasteiger partial charge on any atom is 0.258 e. The highest BCUT2D eigenvalue weighted by atomic mass is 79.9. The highest BCUT2D eigenvalue weighted by Gasteiger charge is 2.10. The lowest BCUT2D eigenvalue weighted by Gasteiger charge is -2.07. The third-order valence-corrected chi connectivity index (χ3v) is 3.06. The molecule has 1 amide bonds. The fourth-order valence-corrected chi connectivity index (χ4v) is 1.90. The van der Waals surface area contributed by atoms with Gasteiger partial charge in [-0.05, 0) is 40.2 Å². The van der Waals surface area contributed by atoms with Gasteiger partial charge in [0.25, 0.3) is 5.91 Å². The summed E-state index contributed by atoms with van der Waals surface area (Å²) in [5, 5.41) is 14.2. The van der Waals surface area contributed by atoms with E-state index in [1.165, 1.54) is 12.5 Å². The van der Waals surface area contributed by atoms with Crippen molar-refractivity contribution in [2.45, 2.75) is 0 Å². The Morgan fingerprint density at radius 3 is 2.74 bits per heavy atom. The number of hydrogen-bond acceptors (Lipinski definition) is 4. The van der Waals surface area contributed by atoms with E-state index < -0.39 is 0 Å². The van der Waals surface area contributed by atoms with Crippen LogP contribution in [0.1, 0.15) is 15.9 Å². The predicted molar refractivity (Wildman–Crippen MR) is 73.3 cm³/mol. The van der Waals surface area contributed by atoms with Crippen LogP contribution in [-0.4, -0.2) is 17.0 Å². The first-order valence-electron chi connectivity index (χ1n) is 5.23. The van der Waals surface area contributed by atoms with E-state index in [4.69, 9.17) is 15.4 Å². The molecular formula is C12H10BrN3O3. The number of nitrogens with zero attached hydrogens (tertiary/aromatic N) is 1. The quantitative estimate of drug-likeness (QED) is 0.349. The average Bonchev–Trinajstić information content (AvgIpc) is 2.94. The number of carbonyl (C=O) groups excluding carboxylic acids is 1. The van der Waals surface area contributed by atoms with Gasteiger partial charge < -0.3 is 20.7 Å². The number of oxime groups is 1. The summed E-state index contributed by atoms with van der Waals surface area (Å²) in [6.45, 7) is 0. The zero-order valence-corrected chi connectivity index (χ0v) is 11.2. The van der Waals surface area contributed by atoms with Crippen LogP contribution in [0.3, 0.4) is 0 Å². The van der Waals surface area contributed by atoms with Crippen molar-refractivity contribution in [3.05, 3.63) is 52.4 Å². The second-order valence-corrected chi connectivity index (χ2v) is 4.50. The van der Waals surface area contributed by atoms with Gasteiger partial charge in [-0.1, -0.05) is 5.16 Å². The van der Waals surface area contributed by atoms with Gasteiger partial charge in [-0.25, -0.2) is 0 Å². The van der Waals surface area contributed by atoms with Gasteiger partial charge in [0.15, 0.2) is 5.84 Å². The Hall–Kier alpha value is -2.28. The van der Waals surface area contributed by atoms with Crippen LogP contribution in [-0.2, 0) is 0 Å². The normalized spacial score (nSPS) is 11.3. The molecule has 0 radical (unpaired) electrons. The van der Waals surface area contributed by atoms with E-state index in [-0.39, 0.29) is 11.7 Å². The van der Waals surface area contributed by atoms with Crippen LogP contribution < -0.4 is 11.1 Å². The lowest BCUT2D eigenvalue weighted by molar-refractivity contribution is 0.102. The molecule has 0 atom stereocenters. The van der Waals surface area contributed by atoms with Crippen LogP contribution in [0.5, 0.6) is 0 Å². The van der Waals surface area contributed by atoms with Crippen molar-refractivity contribution in [3.63, 3.8) is 0 Å². The molecule has 4 N–H and O–H groups in total. The summed E-state index contributed by atoms with van der Waals surface area (Å²) in [6.07, 6.45) is 2.78. The Kier molecular flexibility index (Phi) is 3.86. The van der Waals surface area contributed by atoms with Crippen LogP contribution in [0.15, 0.2) is 50.8 Å². The molecule has 7 heteroatoms. The van der Waals surface area contributed by atoms with Crippen LogP contribution in [0.4, 0.5) is 5.69 Å². The Morgan fingerprint density at radius 2 is 2.16 bits per heavy atom. The van der Waals surface area contributed by atoms with Crippen molar-refractivity contribution < 1.29 is 14.4 Å². The van der Waals surface area contributed by atoms with Crippen LogP contribution in [0.2, 0.25) is 0 Å². The molecule has 0 bridgehead atoms. The first kappa shape index (κ1) is 13.2. The lowest BCUT2D eigenvalue weighted by atomic mass is 10.2. The van der Waals surface area contributed by atoms with Crippen molar-refractivity contribution in [2.75, 3.05) is 5.32 Å². The molecule has 1 heterocycles. The van der Waals surface area contributed by atoms with Crippen molar-refractivity contribution >= 4 is 33.4 Å². The Morgan fingerprint density at radius 1 is 1.37 bits per heavy atom. The minimum atomic E-state index is -0.286. The largest absolute Gasteiger partial charge is 0.472 e. The second-order valence-electron chi connectivity index (χ2n) is 3.65. The third-order valence-electron chi connectivity index (χ3n) is 2.40. The van der Waals surface area contributed by atoms with E-state index in [1.54, 1.807) is 24.3 Å². The summed E-state index contributed by atoms with van der Waals surface area (Å²) in [7, 11) is 0. The van der Waals surface area contributed by atoms with Gasteiger partial charge in [-0.3, -0.25) is 4.79 Å². The molecule has 0 fully saturated rings. The number of nitrogens with one attached hydrogen (secondary N) is 1. The van der Waals surface area contributed by atoms with Crippen LogP contribution >= 0.6 is 15.9 Å². The Balaban J connectivity index is 2.20. The van der Waals surface area contributed by atoms with Gasteiger partial charge in [0.05, 0.1) is 17.5 Å².